The van der Waals surface area contributed by atoms with Gasteiger partial charge in [-0.25, -0.2) is 0 Å². The molecule has 0 unspecified atom stereocenters. The molecule has 3 atom stereocenters. The second-order valence-electron chi connectivity index (χ2n) is 4.37. The summed E-state index contributed by atoms with van der Waals surface area (Å²) in [6, 6.07) is -0.336. The summed E-state index contributed by atoms with van der Waals surface area (Å²) in [5.41, 5.74) is 0. The highest BCUT2D eigenvalue weighted by Gasteiger charge is 2.25. The highest BCUT2D eigenvalue weighted by Crippen LogP contribution is 2.10. The molecule has 0 spiro atoms. The van der Waals surface area contributed by atoms with Crippen LogP contribution in [0.1, 0.15) is 13.8 Å². The van der Waals surface area contributed by atoms with Crippen LogP contribution in [0.25, 0.3) is 0 Å². The number of hydrogen-bond donors (Lipinski definition) is 3. The van der Waals surface area contributed by atoms with Crippen LogP contribution < -0.4 is 10.6 Å². The largest absolute Gasteiger partial charge is 0.300 e. The van der Waals surface area contributed by atoms with Crippen LogP contribution in [0.2, 0.25) is 0 Å². The summed E-state index contributed by atoms with van der Waals surface area (Å²) >= 11 is 5.91. The third-order valence-electron chi connectivity index (χ3n) is 2.90. The molecule has 0 aromatic rings. The average Bonchev–Trinajstić information content (AvgIpc) is 2.81. The molecule has 4 nitrogen and oxygen atoms in total. The number of rotatable bonds is 7. The van der Waals surface area contributed by atoms with Crippen molar-refractivity contribution in [2.24, 2.45) is 5.92 Å². The Morgan fingerprint density at radius 2 is 2.29 bits per heavy atom. The number of Topliss-reactive ketones (excluding diaryl/α,β-unsaturated/α-hetero) is 2. The van der Waals surface area contributed by atoms with Crippen LogP contribution >= 0.6 is 24.4 Å². The maximum absolute atomic E-state index is 11.8. The van der Waals surface area contributed by atoms with Crippen LogP contribution in [0, 0.1) is 5.92 Å². The first-order valence-electron chi connectivity index (χ1n) is 5.74. The summed E-state index contributed by atoms with van der Waals surface area (Å²) in [7, 11) is 0. The quantitative estimate of drug-likeness (QED) is 0.585. The smallest absolute Gasteiger partial charge is 0.164 e. The van der Waals surface area contributed by atoms with Gasteiger partial charge in [-0.3, -0.25) is 14.9 Å². The Hall–Kier alpha value is -0.0400. The first kappa shape index (κ1) is 15.0. The lowest BCUT2D eigenvalue weighted by Crippen LogP contribution is -2.47. The Labute approximate surface area is 112 Å². The first-order valence-corrected chi connectivity index (χ1v) is 7.53. The molecule has 0 aromatic heterocycles. The van der Waals surface area contributed by atoms with E-state index in [1.807, 2.05) is 6.92 Å². The van der Waals surface area contributed by atoms with E-state index in [1.165, 1.54) is 0 Å². The molecule has 6 heteroatoms. The number of hydrogen-bond acceptors (Lipinski definition) is 6. The fourth-order valence-corrected chi connectivity index (χ4v) is 2.97. The minimum absolute atomic E-state index is 0.0631. The number of thioether (sulfide) groups is 1. The Bertz CT molecular complexity index is 281. The number of carbonyl (C=O) groups excluding carboxylic acids is 2. The van der Waals surface area contributed by atoms with Gasteiger partial charge in [0.2, 0.25) is 0 Å². The van der Waals surface area contributed by atoms with Crippen LogP contribution in [0.15, 0.2) is 0 Å². The molecule has 1 saturated heterocycles. The topological polar surface area (TPSA) is 58.2 Å². The van der Waals surface area contributed by atoms with Crippen molar-refractivity contribution in [1.82, 2.24) is 10.6 Å². The summed E-state index contributed by atoms with van der Waals surface area (Å²) in [5.74, 6) is 2.62. The monoisotopic (exact) mass is 276 g/mol. The predicted octanol–water partition coefficient (Wildman–Crippen LogP) is 0.331. The van der Waals surface area contributed by atoms with Crippen molar-refractivity contribution in [3.63, 3.8) is 0 Å². The normalized spacial score (nSPS) is 23.4. The fourth-order valence-electron chi connectivity index (χ4n) is 1.79. The van der Waals surface area contributed by atoms with Crippen LogP contribution in [-0.2, 0) is 9.59 Å². The van der Waals surface area contributed by atoms with Gasteiger partial charge in [0.1, 0.15) is 5.78 Å². The third kappa shape index (κ3) is 4.62. The average molecular weight is 276 g/mol. The van der Waals surface area contributed by atoms with E-state index in [0.717, 1.165) is 11.6 Å². The van der Waals surface area contributed by atoms with Crippen molar-refractivity contribution in [1.29, 1.82) is 0 Å². The zero-order chi connectivity index (χ0) is 12.8. The molecule has 1 heterocycles. The maximum atomic E-state index is 11.8. The van der Waals surface area contributed by atoms with Crippen molar-refractivity contribution in [3.05, 3.63) is 0 Å². The lowest BCUT2D eigenvalue weighted by molar-refractivity contribution is -0.121. The highest BCUT2D eigenvalue weighted by atomic mass is 32.2. The summed E-state index contributed by atoms with van der Waals surface area (Å²) in [6.07, 6.45) is 0. The zero-order valence-electron chi connectivity index (χ0n) is 10.2. The Morgan fingerprint density at radius 3 is 2.76 bits per heavy atom. The van der Waals surface area contributed by atoms with Crippen LogP contribution in [0.5, 0.6) is 0 Å². The van der Waals surface area contributed by atoms with E-state index in [-0.39, 0.29) is 36.1 Å². The molecule has 98 valence electrons. The van der Waals surface area contributed by atoms with Gasteiger partial charge < -0.3 is 5.32 Å². The van der Waals surface area contributed by atoms with Crippen LogP contribution in [0.4, 0.5) is 0 Å². The SMILES string of the molecule is CC(=O)[C@@H](NCC(=O)[C@@H]1CSCN1)[C@@H](C)CS. The highest BCUT2D eigenvalue weighted by molar-refractivity contribution is 7.99. The van der Waals surface area contributed by atoms with E-state index in [9.17, 15) is 9.59 Å². The van der Waals surface area contributed by atoms with E-state index >= 15 is 0 Å². The van der Waals surface area contributed by atoms with Gasteiger partial charge in [0.15, 0.2) is 5.78 Å². The van der Waals surface area contributed by atoms with E-state index in [4.69, 9.17) is 0 Å². The Morgan fingerprint density at radius 1 is 1.59 bits per heavy atom. The molecule has 0 radical (unpaired) electrons. The minimum Gasteiger partial charge on any atom is -0.300 e. The molecule has 1 aliphatic rings. The number of thiol groups is 1. The van der Waals surface area contributed by atoms with Crippen LogP contribution in [-0.4, -0.2) is 47.6 Å². The minimum atomic E-state index is -0.273. The maximum Gasteiger partial charge on any atom is 0.164 e. The lowest BCUT2D eigenvalue weighted by atomic mass is 10.00. The van der Waals surface area contributed by atoms with E-state index in [0.29, 0.717) is 5.75 Å². The molecule has 0 amide bonds. The first-order chi connectivity index (χ1) is 8.06. The fraction of sp³-hybridized carbons (Fsp3) is 0.818. The molecule has 0 bridgehead atoms. The molecule has 0 saturated carbocycles. The molecule has 1 fully saturated rings. The molecule has 0 aliphatic carbocycles. The Kier molecular flexibility index (Phi) is 6.54. The molecule has 2 N–H and O–H groups in total. The van der Waals surface area contributed by atoms with E-state index < -0.39 is 0 Å². The molecular formula is C11H20N2O2S2. The summed E-state index contributed by atoms with van der Waals surface area (Å²) in [6.45, 7) is 3.76. The van der Waals surface area contributed by atoms with Gasteiger partial charge in [0.05, 0.1) is 18.6 Å². The van der Waals surface area contributed by atoms with Crippen molar-refractivity contribution in [2.75, 3.05) is 23.9 Å². The standard InChI is InChI=1S/C11H20N2O2S2/c1-7(4-16)11(8(2)14)12-3-10(15)9-5-17-6-13-9/h7,9,11-13,16H,3-6H2,1-2H3/t7-,9-,11-/m0/s1. The zero-order valence-corrected chi connectivity index (χ0v) is 11.9. The van der Waals surface area contributed by atoms with Crippen molar-refractivity contribution in [3.8, 4) is 0 Å². The van der Waals surface area contributed by atoms with Gasteiger partial charge >= 0.3 is 0 Å². The number of nitrogens with one attached hydrogen (secondary N) is 2. The lowest BCUT2D eigenvalue weighted by Gasteiger charge is -2.21. The second-order valence-corrected chi connectivity index (χ2v) is 5.76. The molecule has 17 heavy (non-hydrogen) atoms. The Balaban J connectivity index is 2.40. The van der Waals surface area contributed by atoms with Gasteiger partial charge in [-0.15, -0.1) is 11.8 Å². The molecular weight excluding hydrogens is 256 g/mol. The van der Waals surface area contributed by atoms with Crippen molar-refractivity contribution >= 4 is 36.0 Å². The van der Waals surface area contributed by atoms with Crippen molar-refractivity contribution < 1.29 is 9.59 Å². The van der Waals surface area contributed by atoms with E-state index in [1.54, 1.807) is 18.7 Å². The summed E-state index contributed by atoms with van der Waals surface area (Å²) in [4.78, 5) is 23.3. The van der Waals surface area contributed by atoms with Gasteiger partial charge in [-0.05, 0) is 18.6 Å². The van der Waals surface area contributed by atoms with Gasteiger partial charge in [0, 0.05) is 11.6 Å². The molecule has 1 rings (SSSR count). The van der Waals surface area contributed by atoms with Crippen molar-refractivity contribution in [2.45, 2.75) is 25.9 Å². The number of ketones is 2. The van der Waals surface area contributed by atoms with E-state index in [2.05, 4.69) is 23.3 Å². The molecule has 0 aromatic carbocycles. The van der Waals surface area contributed by atoms with Gasteiger partial charge in [-0.2, -0.15) is 12.6 Å². The van der Waals surface area contributed by atoms with Gasteiger partial charge in [-0.1, -0.05) is 6.92 Å². The predicted molar refractivity (Wildman–Crippen MR) is 74.7 cm³/mol. The summed E-state index contributed by atoms with van der Waals surface area (Å²) < 4.78 is 0. The second kappa shape index (κ2) is 7.41. The van der Waals surface area contributed by atoms with Gasteiger partial charge in [0.25, 0.3) is 0 Å². The summed E-state index contributed by atoms with van der Waals surface area (Å²) in [5, 5.41) is 6.18. The number of carbonyl (C=O) groups is 2. The van der Waals surface area contributed by atoms with Crippen LogP contribution in [0.3, 0.4) is 0 Å². The molecule has 1 aliphatic heterocycles. The third-order valence-corrected chi connectivity index (χ3v) is 4.41.